The first kappa shape index (κ1) is 14.6. The smallest absolute Gasteiger partial charge is 0.199 e. The van der Waals surface area contributed by atoms with E-state index < -0.39 is 11.6 Å². The minimum Gasteiger partial charge on any atom is -0.507 e. The van der Waals surface area contributed by atoms with Gasteiger partial charge in [0, 0.05) is 18.7 Å². The van der Waals surface area contributed by atoms with E-state index in [1.165, 1.54) is 6.07 Å². The zero-order valence-corrected chi connectivity index (χ0v) is 12.3. The molecule has 0 aromatic heterocycles. The molecule has 114 valence electrons. The number of hydrogen-bond acceptors (Lipinski definition) is 3. The van der Waals surface area contributed by atoms with Crippen LogP contribution in [0.15, 0.2) is 42.5 Å². The summed E-state index contributed by atoms with van der Waals surface area (Å²) in [5, 5.41) is 9.97. The number of aromatic hydroxyl groups is 1. The Bertz CT molecular complexity index is 679. The highest BCUT2D eigenvalue weighted by molar-refractivity contribution is 6.11. The Kier molecular flexibility index (Phi) is 4.09. The largest absolute Gasteiger partial charge is 0.507 e. The summed E-state index contributed by atoms with van der Waals surface area (Å²) in [5.74, 6) is -1.43. The maximum absolute atomic E-state index is 14.8. The van der Waals surface area contributed by atoms with Crippen molar-refractivity contribution in [1.82, 2.24) is 0 Å². The van der Waals surface area contributed by atoms with E-state index in [9.17, 15) is 14.3 Å². The topological polar surface area (TPSA) is 40.5 Å². The lowest BCUT2D eigenvalue weighted by Crippen LogP contribution is -2.30. The molecule has 0 radical (unpaired) electrons. The SMILES string of the molecule is O=C(c1ccccc1)c1c(O)ccc(N2CCCCC2)c1F. The van der Waals surface area contributed by atoms with Gasteiger partial charge in [0.2, 0.25) is 0 Å². The summed E-state index contributed by atoms with van der Waals surface area (Å²) in [6.07, 6.45) is 3.18. The average molecular weight is 299 g/mol. The molecular formula is C18H18FNO2. The second-order valence-corrected chi connectivity index (χ2v) is 5.54. The molecule has 0 atom stereocenters. The lowest BCUT2D eigenvalue weighted by Gasteiger charge is -2.29. The number of carbonyl (C=O) groups is 1. The van der Waals surface area contributed by atoms with Crippen molar-refractivity contribution in [2.24, 2.45) is 0 Å². The van der Waals surface area contributed by atoms with Crippen molar-refractivity contribution < 1.29 is 14.3 Å². The fourth-order valence-corrected chi connectivity index (χ4v) is 2.88. The number of phenolic OH excluding ortho intramolecular Hbond substituents is 1. The molecule has 4 heteroatoms. The molecule has 1 saturated heterocycles. The zero-order chi connectivity index (χ0) is 15.5. The molecule has 2 aromatic carbocycles. The van der Waals surface area contributed by atoms with Gasteiger partial charge in [-0.2, -0.15) is 0 Å². The predicted octanol–water partition coefficient (Wildman–Crippen LogP) is 3.75. The molecule has 22 heavy (non-hydrogen) atoms. The number of piperidine rings is 1. The normalized spacial score (nSPS) is 14.9. The Morgan fingerprint density at radius 3 is 2.36 bits per heavy atom. The maximum atomic E-state index is 14.8. The Labute approximate surface area is 129 Å². The molecule has 1 fully saturated rings. The van der Waals surface area contributed by atoms with Gasteiger partial charge in [0.05, 0.1) is 5.69 Å². The van der Waals surface area contributed by atoms with Crippen molar-refractivity contribution in [3.8, 4) is 5.75 Å². The lowest BCUT2D eigenvalue weighted by molar-refractivity contribution is 0.103. The Hall–Kier alpha value is -2.36. The highest BCUT2D eigenvalue weighted by atomic mass is 19.1. The first-order chi connectivity index (χ1) is 10.7. The molecular weight excluding hydrogens is 281 g/mol. The summed E-state index contributed by atoms with van der Waals surface area (Å²) in [7, 11) is 0. The molecule has 2 aromatic rings. The quantitative estimate of drug-likeness (QED) is 0.877. The third-order valence-electron chi connectivity index (χ3n) is 4.06. The summed E-state index contributed by atoms with van der Waals surface area (Å²) in [6, 6.07) is 11.4. The lowest BCUT2D eigenvalue weighted by atomic mass is 10.00. The molecule has 0 amide bonds. The minimum atomic E-state index is -0.629. The van der Waals surface area contributed by atoms with Crippen LogP contribution in [0.5, 0.6) is 5.75 Å². The molecule has 0 spiro atoms. The molecule has 0 saturated carbocycles. The van der Waals surface area contributed by atoms with Gasteiger partial charge >= 0.3 is 0 Å². The number of halogens is 1. The van der Waals surface area contributed by atoms with Gasteiger partial charge in [-0.05, 0) is 31.4 Å². The summed E-state index contributed by atoms with van der Waals surface area (Å²) >= 11 is 0. The number of ketones is 1. The first-order valence-electron chi connectivity index (χ1n) is 7.54. The average Bonchev–Trinajstić information content (AvgIpc) is 2.56. The van der Waals surface area contributed by atoms with Crippen LogP contribution in [-0.2, 0) is 0 Å². The van der Waals surface area contributed by atoms with E-state index in [1.807, 2.05) is 4.90 Å². The van der Waals surface area contributed by atoms with Crippen LogP contribution in [0.25, 0.3) is 0 Å². The van der Waals surface area contributed by atoms with E-state index in [2.05, 4.69) is 0 Å². The van der Waals surface area contributed by atoms with Gasteiger partial charge in [0.25, 0.3) is 0 Å². The number of phenols is 1. The van der Waals surface area contributed by atoms with Gasteiger partial charge in [-0.3, -0.25) is 4.79 Å². The van der Waals surface area contributed by atoms with Gasteiger partial charge in [0.15, 0.2) is 11.6 Å². The number of rotatable bonds is 3. The van der Waals surface area contributed by atoms with Gasteiger partial charge < -0.3 is 10.0 Å². The van der Waals surface area contributed by atoms with Gasteiger partial charge in [-0.1, -0.05) is 30.3 Å². The summed E-state index contributed by atoms with van der Waals surface area (Å²) < 4.78 is 14.8. The predicted molar refractivity (Wildman–Crippen MR) is 84.0 cm³/mol. The van der Waals surface area contributed by atoms with Crippen LogP contribution >= 0.6 is 0 Å². The molecule has 1 aliphatic heterocycles. The minimum absolute atomic E-state index is 0.241. The second-order valence-electron chi connectivity index (χ2n) is 5.54. The van der Waals surface area contributed by atoms with Crippen molar-refractivity contribution in [2.45, 2.75) is 19.3 Å². The molecule has 0 unspecified atom stereocenters. The van der Waals surface area contributed by atoms with E-state index in [0.29, 0.717) is 11.3 Å². The van der Waals surface area contributed by atoms with Gasteiger partial charge in [0.1, 0.15) is 11.3 Å². The van der Waals surface area contributed by atoms with E-state index in [0.717, 1.165) is 32.4 Å². The van der Waals surface area contributed by atoms with Crippen LogP contribution in [-0.4, -0.2) is 24.0 Å². The maximum Gasteiger partial charge on any atom is 0.199 e. The first-order valence-corrected chi connectivity index (χ1v) is 7.54. The van der Waals surface area contributed by atoms with E-state index in [1.54, 1.807) is 36.4 Å². The highest BCUT2D eigenvalue weighted by Crippen LogP contribution is 2.32. The molecule has 1 N–H and O–H groups in total. The molecule has 3 nitrogen and oxygen atoms in total. The summed E-state index contributed by atoms with van der Waals surface area (Å²) in [6.45, 7) is 1.56. The molecule has 3 rings (SSSR count). The molecule has 1 aliphatic rings. The van der Waals surface area contributed by atoms with Gasteiger partial charge in [-0.15, -0.1) is 0 Å². The van der Waals surface area contributed by atoms with Crippen LogP contribution in [0.4, 0.5) is 10.1 Å². The van der Waals surface area contributed by atoms with Crippen molar-refractivity contribution in [1.29, 1.82) is 0 Å². The van der Waals surface area contributed by atoms with Crippen molar-refractivity contribution >= 4 is 11.5 Å². The number of nitrogens with zero attached hydrogens (tertiary/aromatic N) is 1. The number of hydrogen-bond donors (Lipinski definition) is 1. The van der Waals surface area contributed by atoms with Crippen LogP contribution in [0.2, 0.25) is 0 Å². The fourth-order valence-electron chi connectivity index (χ4n) is 2.88. The summed E-state index contributed by atoms with van der Waals surface area (Å²) in [5.41, 5.74) is 0.526. The molecule has 1 heterocycles. The fraction of sp³-hybridized carbons (Fsp3) is 0.278. The van der Waals surface area contributed by atoms with Crippen LogP contribution in [0, 0.1) is 5.82 Å². The Morgan fingerprint density at radius 1 is 1.00 bits per heavy atom. The summed E-state index contributed by atoms with van der Waals surface area (Å²) in [4.78, 5) is 14.4. The second kappa shape index (κ2) is 6.18. The van der Waals surface area contributed by atoms with Gasteiger partial charge in [-0.25, -0.2) is 4.39 Å². The van der Waals surface area contributed by atoms with Crippen molar-refractivity contribution in [3.63, 3.8) is 0 Å². The van der Waals surface area contributed by atoms with Crippen molar-refractivity contribution in [2.75, 3.05) is 18.0 Å². The van der Waals surface area contributed by atoms with Crippen LogP contribution < -0.4 is 4.90 Å². The Morgan fingerprint density at radius 2 is 1.68 bits per heavy atom. The third kappa shape index (κ3) is 2.69. The monoisotopic (exact) mass is 299 g/mol. The third-order valence-corrected chi connectivity index (χ3v) is 4.06. The zero-order valence-electron chi connectivity index (χ0n) is 12.3. The number of benzene rings is 2. The van der Waals surface area contributed by atoms with E-state index >= 15 is 0 Å². The highest BCUT2D eigenvalue weighted by Gasteiger charge is 2.24. The number of carbonyl (C=O) groups excluding carboxylic acids is 1. The Balaban J connectivity index is 2.02. The molecule has 0 aliphatic carbocycles. The van der Waals surface area contributed by atoms with Crippen LogP contribution in [0.3, 0.4) is 0 Å². The van der Waals surface area contributed by atoms with Crippen LogP contribution in [0.1, 0.15) is 35.2 Å². The molecule has 0 bridgehead atoms. The standard InChI is InChI=1S/C18H18FNO2/c19-17-14(20-11-5-2-6-12-20)9-10-15(21)16(17)18(22)13-7-3-1-4-8-13/h1,3-4,7-10,21H,2,5-6,11-12H2. The van der Waals surface area contributed by atoms with E-state index in [4.69, 9.17) is 0 Å². The van der Waals surface area contributed by atoms with Crippen molar-refractivity contribution in [3.05, 3.63) is 59.4 Å². The van der Waals surface area contributed by atoms with E-state index in [-0.39, 0.29) is 11.3 Å². The number of anilines is 1.